The average molecular weight is 343 g/mol. The summed E-state index contributed by atoms with van der Waals surface area (Å²) in [7, 11) is -2.13. The highest BCUT2D eigenvalue weighted by Gasteiger charge is 2.37. The van der Waals surface area contributed by atoms with Gasteiger partial charge in [0.05, 0.1) is 0 Å². The van der Waals surface area contributed by atoms with Gasteiger partial charge in [-0.25, -0.2) is 13.4 Å². The summed E-state index contributed by atoms with van der Waals surface area (Å²) >= 11 is 0. The van der Waals surface area contributed by atoms with Crippen LogP contribution in [0.15, 0.2) is 12.1 Å². The number of hydrogen-bond acceptors (Lipinski definition) is 5. The van der Waals surface area contributed by atoms with Crippen molar-refractivity contribution >= 4 is 21.8 Å². The van der Waals surface area contributed by atoms with Crippen molar-refractivity contribution in [1.29, 1.82) is 0 Å². The molecule has 0 aliphatic carbocycles. The number of phenols is 1. The van der Waals surface area contributed by atoms with Crippen LogP contribution in [0.25, 0.3) is 0 Å². The Morgan fingerprint density at radius 1 is 1.43 bits per heavy atom. The first-order valence-corrected chi connectivity index (χ1v) is 8.73. The topological polar surface area (TPSA) is 89.9 Å². The van der Waals surface area contributed by atoms with E-state index in [0.29, 0.717) is 22.2 Å². The first-order chi connectivity index (χ1) is 10.8. The number of hydrogen-bond donors (Lipinski definition) is 2. The highest BCUT2D eigenvalue weighted by Crippen LogP contribution is 2.35. The maximum atomic E-state index is 14.4. The first kappa shape index (κ1) is 16.0. The number of carbonyl (C=O) groups excluding carboxylic acids is 1. The lowest BCUT2D eigenvalue weighted by Crippen LogP contribution is -2.30. The summed E-state index contributed by atoms with van der Waals surface area (Å²) in [5, 5.41) is 10.1. The molecular formula is C14H18FN3O4S. The number of nitrogens with one attached hydrogen (secondary N) is 1. The van der Waals surface area contributed by atoms with Crippen LogP contribution in [0.3, 0.4) is 0 Å². The van der Waals surface area contributed by atoms with Crippen molar-refractivity contribution in [2.75, 3.05) is 31.0 Å². The molecule has 9 heteroatoms. The van der Waals surface area contributed by atoms with Crippen LogP contribution in [-0.2, 0) is 21.4 Å². The van der Waals surface area contributed by atoms with Crippen LogP contribution >= 0.6 is 0 Å². The van der Waals surface area contributed by atoms with Crippen molar-refractivity contribution in [3.8, 4) is 5.75 Å². The second kappa shape index (κ2) is 5.64. The maximum Gasteiger partial charge on any atom is 0.326 e. The molecule has 1 unspecified atom stereocenters. The Hall–Kier alpha value is -1.87. The highest BCUT2D eigenvalue weighted by molar-refractivity contribution is 7.92. The average Bonchev–Trinajstić information content (AvgIpc) is 2.92. The SMILES string of the molecule is CN1CCC(Cc2cc(O)c(N3CC(=O)NS3(=O)=O)c(F)c2)C1. The van der Waals surface area contributed by atoms with Gasteiger partial charge in [0.2, 0.25) is 0 Å². The van der Waals surface area contributed by atoms with E-state index in [1.54, 1.807) is 4.72 Å². The number of aromatic hydroxyl groups is 1. The number of nitrogens with zero attached hydrogens (tertiary/aromatic N) is 2. The summed E-state index contributed by atoms with van der Waals surface area (Å²) in [5.41, 5.74) is 0.121. The van der Waals surface area contributed by atoms with Crippen LogP contribution in [0.4, 0.5) is 10.1 Å². The van der Waals surface area contributed by atoms with Gasteiger partial charge in [0, 0.05) is 6.54 Å². The number of rotatable bonds is 3. The molecule has 1 aromatic rings. The number of likely N-dealkylation sites (tertiary alicyclic amines) is 1. The van der Waals surface area contributed by atoms with Gasteiger partial charge >= 0.3 is 10.2 Å². The zero-order valence-corrected chi connectivity index (χ0v) is 13.4. The third kappa shape index (κ3) is 3.11. The summed E-state index contributed by atoms with van der Waals surface area (Å²) in [5.74, 6) is -1.72. The van der Waals surface area contributed by atoms with Gasteiger partial charge in [0.25, 0.3) is 5.91 Å². The Labute approximate surface area is 133 Å². The molecule has 0 bridgehead atoms. The van der Waals surface area contributed by atoms with Crippen molar-refractivity contribution in [1.82, 2.24) is 9.62 Å². The van der Waals surface area contributed by atoms with Crippen LogP contribution in [-0.4, -0.2) is 51.0 Å². The largest absolute Gasteiger partial charge is 0.506 e. The van der Waals surface area contributed by atoms with E-state index in [9.17, 15) is 22.7 Å². The molecule has 7 nitrogen and oxygen atoms in total. The lowest BCUT2D eigenvalue weighted by molar-refractivity contribution is -0.117. The Morgan fingerprint density at radius 3 is 2.70 bits per heavy atom. The molecular weight excluding hydrogens is 325 g/mol. The molecule has 126 valence electrons. The standard InChI is InChI=1S/C14H18FN3O4S/c1-17-3-2-9(7-17)4-10-5-11(15)14(12(19)6-10)18-8-13(20)16-23(18,21)22/h5-6,9,19H,2-4,7-8H2,1H3,(H,16,20). The van der Waals surface area contributed by atoms with Crippen LogP contribution in [0.1, 0.15) is 12.0 Å². The van der Waals surface area contributed by atoms with Gasteiger partial charge in [-0.05, 0) is 50.0 Å². The molecule has 2 saturated heterocycles. The van der Waals surface area contributed by atoms with Gasteiger partial charge in [0.15, 0.2) is 5.82 Å². The molecule has 0 saturated carbocycles. The minimum atomic E-state index is -4.15. The van der Waals surface area contributed by atoms with Gasteiger partial charge in [0.1, 0.15) is 18.0 Å². The van der Waals surface area contributed by atoms with E-state index in [1.807, 2.05) is 7.05 Å². The summed E-state index contributed by atoms with van der Waals surface area (Å²) in [6.07, 6.45) is 1.61. The first-order valence-electron chi connectivity index (χ1n) is 7.29. The van der Waals surface area contributed by atoms with Gasteiger partial charge in [-0.3, -0.25) is 4.79 Å². The lowest BCUT2D eigenvalue weighted by atomic mass is 9.98. The molecule has 1 amide bonds. The van der Waals surface area contributed by atoms with Gasteiger partial charge in [-0.2, -0.15) is 8.42 Å². The molecule has 2 aliphatic heterocycles. The molecule has 2 heterocycles. The van der Waals surface area contributed by atoms with E-state index in [0.717, 1.165) is 19.5 Å². The van der Waals surface area contributed by atoms with Crippen molar-refractivity contribution in [3.63, 3.8) is 0 Å². The second-order valence-corrected chi connectivity index (χ2v) is 7.70. The Morgan fingerprint density at radius 2 is 2.17 bits per heavy atom. The van der Waals surface area contributed by atoms with E-state index >= 15 is 0 Å². The van der Waals surface area contributed by atoms with Gasteiger partial charge < -0.3 is 10.0 Å². The van der Waals surface area contributed by atoms with E-state index in [1.165, 1.54) is 12.1 Å². The van der Waals surface area contributed by atoms with E-state index in [-0.39, 0.29) is 0 Å². The number of halogens is 1. The molecule has 0 radical (unpaired) electrons. The fraction of sp³-hybridized carbons (Fsp3) is 0.500. The molecule has 1 atom stereocenters. The zero-order valence-electron chi connectivity index (χ0n) is 12.6. The monoisotopic (exact) mass is 343 g/mol. The summed E-state index contributed by atoms with van der Waals surface area (Å²) in [6, 6.07) is 2.60. The van der Waals surface area contributed by atoms with Crippen LogP contribution < -0.4 is 9.03 Å². The summed E-state index contributed by atoms with van der Waals surface area (Å²) in [6.45, 7) is 1.35. The fourth-order valence-corrected chi connectivity index (χ4v) is 4.35. The van der Waals surface area contributed by atoms with E-state index in [4.69, 9.17) is 0 Å². The van der Waals surface area contributed by atoms with Crippen molar-refractivity contribution < 1.29 is 22.7 Å². The number of phenolic OH excluding ortho intramolecular Hbond substituents is 1. The molecule has 0 spiro atoms. The van der Waals surface area contributed by atoms with E-state index in [2.05, 4.69) is 4.90 Å². The van der Waals surface area contributed by atoms with Crippen molar-refractivity contribution in [3.05, 3.63) is 23.5 Å². The van der Waals surface area contributed by atoms with E-state index < -0.39 is 39.9 Å². The number of anilines is 1. The smallest absolute Gasteiger partial charge is 0.326 e. The molecule has 2 aliphatic rings. The van der Waals surface area contributed by atoms with Gasteiger partial charge in [-0.15, -0.1) is 0 Å². The summed E-state index contributed by atoms with van der Waals surface area (Å²) < 4.78 is 40.2. The summed E-state index contributed by atoms with van der Waals surface area (Å²) in [4.78, 5) is 13.4. The van der Waals surface area contributed by atoms with Crippen molar-refractivity contribution in [2.45, 2.75) is 12.8 Å². The van der Waals surface area contributed by atoms with Crippen LogP contribution in [0.2, 0.25) is 0 Å². The third-order valence-electron chi connectivity index (χ3n) is 4.19. The Balaban J connectivity index is 1.88. The lowest BCUT2D eigenvalue weighted by Gasteiger charge is -2.18. The van der Waals surface area contributed by atoms with Gasteiger partial charge in [-0.1, -0.05) is 0 Å². The Kier molecular flexibility index (Phi) is 3.93. The minimum Gasteiger partial charge on any atom is -0.506 e. The third-order valence-corrected chi connectivity index (χ3v) is 5.56. The number of carbonyl (C=O) groups is 1. The molecule has 23 heavy (non-hydrogen) atoms. The number of benzene rings is 1. The quantitative estimate of drug-likeness (QED) is 0.819. The molecule has 2 fully saturated rings. The Bertz CT molecular complexity index is 729. The van der Waals surface area contributed by atoms with Crippen molar-refractivity contribution in [2.24, 2.45) is 5.92 Å². The fourth-order valence-electron chi connectivity index (χ4n) is 3.18. The molecule has 2 N–H and O–H groups in total. The molecule has 0 aromatic heterocycles. The van der Waals surface area contributed by atoms with Crippen LogP contribution in [0, 0.1) is 11.7 Å². The minimum absolute atomic E-state index is 0.378. The van der Waals surface area contributed by atoms with Crippen LogP contribution in [0.5, 0.6) is 5.75 Å². The maximum absolute atomic E-state index is 14.4. The highest BCUT2D eigenvalue weighted by atomic mass is 32.2. The predicted molar refractivity (Wildman–Crippen MR) is 81.8 cm³/mol. The molecule has 1 aromatic carbocycles. The number of amides is 1. The zero-order chi connectivity index (χ0) is 16.8. The molecule has 3 rings (SSSR count). The normalized spacial score (nSPS) is 24.2. The predicted octanol–water partition coefficient (Wildman–Crippen LogP) is 0.206. The second-order valence-electron chi connectivity index (χ2n) is 6.10.